The molecule has 0 aliphatic carbocycles. The van der Waals surface area contributed by atoms with Crippen LogP contribution in [0.1, 0.15) is 24.9 Å². The van der Waals surface area contributed by atoms with E-state index < -0.39 is 5.97 Å². The summed E-state index contributed by atoms with van der Waals surface area (Å²) in [4.78, 5) is 12.7. The first-order valence-corrected chi connectivity index (χ1v) is 5.77. The molecule has 2 atom stereocenters. The van der Waals surface area contributed by atoms with Gasteiger partial charge in [-0.25, -0.2) is 4.39 Å². The number of benzene rings is 1. The van der Waals surface area contributed by atoms with E-state index in [1.165, 1.54) is 12.1 Å². The normalized spacial score (nSPS) is 23.7. The Labute approximate surface area is 112 Å². The van der Waals surface area contributed by atoms with E-state index >= 15 is 0 Å². The summed E-state index contributed by atoms with van der Waals surface area (Å²) in [6.45, 7) is 2.87. The molecule has 0 radical (unpaired) electrons. The fourth-order valence-electron chi connectivity index (χ4n) is 2.54. The fourth-order valence-corrected chi connectivity index (χ4v) is 2.54. The van der Waals surface area contributed by atoms with Crippen molar-refractivity contribution in [1.82, 2.24) is 4.90 Å². The summed E-state index contributed by atoms with van der Waals surface area (Å²) in [6.07, 6.45) is 0.886. The topological polar surface area (TPSA) is 40.5 Å². The molecule has 1 saturated heterocycles. The molecular formula is C13H17ClFNO2. The summed E-state index contributed by atoms with van der Waals surface area (Å²) in [5, 5.41) is 8.86. The maximum atomic E-state index is 13.2. The van der Waals surface area contributed by atoms with E-state index in [9.17, 15) is 9.18 Å². The number of aliphatic carboxylic acids is 1. The standard InChI is InChI=1S/C13H16FNO2.ClH/c1-9-5-12(15(7-9)8-13(16)17)10-3-2-4-11(14)6-10;/h2-4,6,9,12H,5,7-8H2,1H3,(H,16,17);1H. The average Bonchev–Trinajstić information content (AvgIpc) is 2.58. The van der Waals surface area contributed by atoms with Crippen LogP contribution in [0.5, 0.6) is 0 Å². The molecule has 5 heteroatoms. The Kier molecular flexibility index (Phi) is 5.11. The van der Waals surface area contributed by atoms with Gasteiger partial charge in [0.2, 0.25) is 0 Å². The molecule has 1 aliphatic rings. The molecule has 1 aromatic rings. The van der Waals surface area contributed by atoms with E-state index in [0.29, 0.717) is 5.92 Å². The van der Waals surface area contributed by atoms with E-state index in [1.54, 1.807) is 6.07 Å². The second-order valence-electron chi connectivity index (χ2n) is 4.73. The molecule has 1 fully saturated rings. The number of hydrogen-bond donors (Lipinski definition) is 1. The summed E-state index contributed by atoms with van der Waals surface area (Å²) < 4.78 is 13.2. The summed E-state index contributed by atoms with van der Waals surface area (Å²) >= 11 is 0. The van der Waals surface area contributed by atoms with E-state index in [0.717, 1.165) is 18.5 Å². The number of carboxylic acid groups (broad SMARTS) is 1. The van der Waals surface area contributed by atoms with Crippen LogP contribution in [-0.4, -0.2) is 29.1 Å². The van der Waals surface area contributed by atoms with Crippen molar-refractivity contribution in [3.8, 4) is 0 Å². The van der Waals surface area contributed by atoms with E-state index in [4.69, 9.17) is 5.11 Å². The smallest absolute Gasteiger partial charge is 0.317 e. The maximum absolute atomic E-state index is 13.2. The van der Waals surface area contributed by atoms with Crippen LogP contribution in [0.2, 0.25) is 0 Å². The number of carboxylic acids is 1. The van der Waals surface area contributed by atoms with Gasteiger partial charge < -0.3 is 5.11 Å². The highest BCUT2D eigenvalue weighted by Gasteiger charge is 2.31. The summed E-state index contributed by atoms with van der Waals surface area (Å²) in [6, 6.07) is 6.46. The fraction of sp³-hybridized carbons (Fsp3) is 0.462. The van der Waals surface area contributed by atoms with Gasteiger partial charge in [0.25, 0.3) is 0 Å². The van der Waals surface area contributed by atoms with Crippen LogP contribution in [0.4, 0.5) is 4.39 Å². The first-order chi connectivity index (χ1) is 8.06. The second-order valence-corrected chi connectivity index (χ2v) is 4.73. The summed E-state index contributed by atoms with van der Waals surface area (Å²) in [7, 11) is 0. The number of halogens is 2. The number of carbonyl (C=O) groups is 1. The van der Waals surface area contributed by atoms with Crippen LogP contribution < -0.4 is 0 Å². The van der Waals surface area contributed by atoms with E-state index in [-0.39, 0.29) is 30.8 Å². The van der Waals surface area contributed by atoms with Crippen LogP contribution in [-0.2, 0) is 4.79 Å². The lowest BCUT2D eigenvalue weighted by atomic mass is 10.0. The van der Waals surface area contributed by atoms with Crippen molar-refractivity contribution in [2.45, 2.75) is 19.4 Å². The summed E-state index contributed by atoms with van der Waals surface area (Å²) in [5.41, 5.74) is 0.871. The molecule has 2 unspecified atom stereocenters. The third kappa shape index (κ3) is 3.43. The zero-order valence-electron chi connectivity index (χ0n) is 10.2. The molecule has 0 spiro atoms. The highest BCUT2D eigenvalue weighted by atomic mass is 35.5. The molecule has 1 N–H and O–H groups in total. The van der Waals surface area contributed by atoms with Gasteiger partial charge in [-0.15, -0.1) is 12.4 Å². The summed E-state index contributed by atoms with van der Waals surface area (Å²) in [5.74, 6) is -0.652. The van der Waals surface area contributed by atoms with Crippen LogP contribution >= 0.6 is 12.4 Å². The molecule has 0 bridgehead atoms. The molecule has 1 aliphatic heterocycles. The van der Waals surface area contributed by atoms with Gasteiger partial charge in [-0.05, 0) is 30.0 Å². The molecule has 3 nitrogen and oxygen atoms in total. The van der Waals surface area contributed by atoms with Gasteiger partial charge in [0.15, 0.2) is 0 Å². The lowest BCUT2D eigenvalue weighted by Crippen LogP contribution is -2.29. The monoisotopic (exact) mass is 273 g/mol. The molecule has 2 rings (SSSR count). The Morgan fingerprint density at radius 2 is 2.28 bits per heavy atom. The predicted octanol–water partition coefficient (Wildman–Crippen LogP) is 2.72. The zero-order valence-corrected chi connectivity index (χ0v) is 11.0. The Morgan fingerprint density at radius 1 is 1.56 bits per heavy atom. The quantitative estimate of drug-likeness (QED) is 0.921. The molecule has 100 valence electrons. The third-order valence-electron chi connectivity index (χ3n) is 3.18. The molecule has 1 aromatic carbocycles. The van der Waals surface area contributed by atoms with Crippen LogP contribution in [0, 0.1) is 11.7 Å². The second kappa shape index (κ2) is 6.16. The lowest BCUT2D eigenvalue weighted by molar-refractivity contribution is -0.138. The van der Waals surface area contributed by atoms with Crippen LogP contribution in [0.15, 0.2) is 24.3 Å². The van der Waals surface area contributed by atoms with Crippen LogP contribution in [0.25, 0.3) is 0 Å². The Hall–Kier alpha value is -1.13. The van der Waals surface area contributed by atoms with Crippen molar-refractivity contribution in [2.75, 3.05) is 13.1 Å². The molecule has 1 heterocycles. The van der Waals surface area contributed by atoms with Gasteiger partial charge in [0.1, 0.15) is 5.82 Å². The van der Waals surface area contributed by atoms with Gasteiger partial charge >= 0.3 is 5.97 Å². The number of hydrogen-bond acceptors (Lipinski definition) is 2. The Bertz CT molecular complexity index is 427. The van der Waals surface area contributed by atoms with Crippen molar-refractivity contribution in [2.24, 2.45) is 5.92 Å². The first-order valence-electron chi connectivity index (χ1n) is 5.77. The largest absolute Gasteiger partial charge is 0.480 e. The maximum Gasteiger partial charge on any atom is 0.317 e. The van der Waals surface area contributed by atoms with Crippen molar-refractivity contribution in [1.29, 1.82) is 0 Å². The Balaban J connectivity index is 0.00000162. The van der Waals surface area contributed by atoms with Gasteiger partial charge in [-0.2, -0.15) is 0 Å². The highest BCUT2D eigenvalue weighted by molar-refractivity contribution is 5.85. The van der Waals surface area contributed by atoms with Crippen molar-refractivity contribution in [3.63, 3.8) is 0 Å². The van der Waals surface area contributed by atoms with Gasteiger partial charge in [-0.1, -0.05) is 19.1 Å². The number of rotatable bonds is 3. The lowest BCUT2D eigenvalue weighted by Gasteiger charge is -2.22. The molecule has 0 aromatic heterocycles. The molecule has 0 amide bonds. The van der Waals surface area contributed by atoms with Gasteiger partial charge in [-0.3, -0.25) is 9.69 Å². The highest BCUT2D eigenvalue weighted by Crippen LogP contribution is 2.34. The van der Waals surface area contributed by atoms with Crippen LogP contribution in [0.3, 0.4) is 0 Å². The number of nitrogens with zero attached hydrogens (tertiary/aromatic N) is 1. The predicted molar refractivity (Wildman–Crippen MR) is 69.4 cm³/mol. The van der Waals surface area contributed by atoms with Gasteiger partial charge in [0, 0.05) is 12.6 Å². The SMILES string of the molecule is CC1CC(c2cccc(F)c2)N(CC(=O)O)C1.Cl. The minimum Gasteiger partial charge on any atom is -0.480 e. The first kappa shape index (κ1) is 14.9. The van der Waals surface area contributed by atoms with Gasteiger partial charge in [0.05, 0.1) is 6.54 Å². The van der Waals surface area contributed by atoms with Crippen molar-refractivity contribution < 1.29 is 14.3 Å². The minimum absolute atomic E-state index is 0. The zero-order chi connectivity index (χ0) is 12.4. The third-order valence-corrected chi connectivity index (χ3v) is 3.18. The minimum atomic E-state index is -0.833. The molecule has 0 saturated carbocycles. The van der Waals surface area contributed by atoms with E-state index in [2.05, 4.69) is 6.92 Å². The number of likely N-dealkylation sites (tertiary alicyclic amines) is 1. The molecule has 18 heavy (non-hydrogen) atoms. The average molecular weight is 274 g/mol. The van der Waals surface area contributed by atoms with E-state index in [1.807, 2.05) is 11.0 Å². The molecular weight excluding hydrogens is 257 g/mol. The van der Waals surface area contributed by atoms with Crippen molar-refractivity contribution >= 4 is 18.4 Å². The van der Waals surface area contributed by atoms with Crippen molar-refractivity contribution in [3.05, 3.63) is 35.6 Å². The Morgan fingerprint density at radius 3 is 2.89 bits per heavy atom.